The standard InChI is InChI=1S/C36H22Br2N2/c37-25-20-26(38)22-28(21-25)39-33-16-7-5-14-31(33)35-34(39)18-17-30-29-13-4-6-15-32(29)40(36(30)35)27-12-8-11-24(19-27)23-9-2-1-3-10-23/h1-22H. The van der Waals surface area contributed by atoms with E-state index in [0.29, 0.717) is 0 Å². The molecule has 0 saturated heterocycles. The lowest BCUT2D eigenvalue weighted by atomic mass is 10.0. The smallest absolute Gasteiger partial charge is 0.0641 e. The first-order valence-electron chi connectivity index (χ1n) is 13.2. The molecule has 4 heteroatoms. The second-order valence-electron chi connectivity index (χ2n) is 10.1. The van der Waals surface area contributed by atoms with Crippen LogP contribution >= 0.6 is 31.9 Å². The number of benzene rings is 6. The highest BCUT2D eigenvalue weighted by atomic mass is 79.9. The lowest BCUT2D eigenvalue weighted by molar-refractivity contribution is 1.17. The van der Waals surface area contributed by atoms with Gasteiger partial charge in [0.25, 0.3) is 0 Å². The number of nitrogens with zero attached hydrogens (tertiary/aromatic N) is 2. The minimum atomic E-state index is 1.04. The lowest BCUT2D eigenvalue weighted by Crippen LogP contribution is -1.96. The van der Waals surface area contributed by atoms with Crippen molar-refractivity contribution in [3.63, 3.8) is 0 Å². The molecule has 0 amide bonds. The Bertz CT molecular complexity index is 2220. The summed E-state index contributed by atoms with van der Waals surface area (Å²) in [5, 5.41) is 5.01. The highest BCUT2D eigenvalue weighted by Crippen LogP contribution is 2.42. The fraction of sp³-hybridized carbons (Fsp3) is 0. The van der Waals surface area contributed by atoms with E-state index >= 15 is 0 Å². The first kappa shape index (κ1) is 23.7. The second-order valence-corrected chi connectivity index (χ2v) is 11.9. The minimum Gasteiger partial charge on any atom is -0.309 e. The van der Waals surface area contributed by atoms with Gasteiger partial charge in [-0.1, -0.05) is 117 Å². The number of halogens is 2. The molecule has 0 spiro atoms. The quantitative estimate of drug-likeness (QED) is 0.182. The second kappa shape index (κ2) is 9.22. The summed E-state index contributed by atoms with van der Waals surface area (Å²) in [5.41, 5.74) is 9.49. The maximum absolute atomic E-state index is 3.71. The van der Waals surface area contributed by atoms with Gasteiger partial charge in [0.2, 0.25) is 0 Å². The summed E-state index contributed by atoms with van der Waals surface area (Å²) in [7, 11) is 0. The topological polar surface area (TPSA) is 9.86 Å². The molecule has 0 radical (unpaired) electrons. The van der Waals surface area contributed by atoms with Gasteiger partial charge in [-0.05, 0) is 59.7 Å². The molecule has 0 N–H and O–H groups in total. The Hall–Kier alpha value is -4.12. The van der Waals surface area contributed by atoms with Gasteiger partial charge in [0, 0.05) is 41.9 Å². The van der Waals surface area contributed by atoms with Crippen molar-refractivity contribution in [2.45, 2.75) is 0 Å². The molecule has 8 aromatic rings. The average molecular weight is 642 g/mol. The van der Waals surface area contributed by atoms with Crippen molar-refractivity contribution in [3.8, 4) is 22.5 Å². The van der Waals surface area contributed by atoms with Crippen LogP contribution in [-0.4, -0.2) is 9.13 Å². The molecule has 40 heavy (non-hydrogen) atoms. The number of rotatable bonds is 3. The Kier molecular flexibility index (Phi) is 5.48. The maximum atomic E-state index is 3.71. The molecule has 2 nitrogen and oxygen atoms in total. The van der Waals surface area contributed by atoms with E-state index in [2.05, 4.69) is 174 Å². The number of hydrogen-bond acceptors (Lipinski definition) is 0. The van der Waals surface area contributed by atoms with E-state index in [9.17, 15) is 0 Å². The van der Waals surface area contributed by atoms with Gasteiger partial charge in [-0.25, -0.2) is 0 Å². The Labute approximate surface area is 248 Å². The fourth-order valence-electron chi connectivity index (χ4n) is 6.18. The van der Waals surface area contributed by atoms with Gasteiger partial charge < -0.3 is 9.13 Å². The molecule has 0 bridgehead atoms. The molecule has 2 heterocycles. The van der Waals surface area contributed by atoms with Crippen molar-refractivity contribution < 1.29 is 0 Å². The number of fused-ring (bicyclic) bond motifs is 7. The van der Waals surface area contributed by atoms with E-state index in [-0.39, 0.29) is 0 Å². The van der Waals surface area contributed by atoms with Crippen LogP contribution in [0.3, 0.4) is 0 Å². The number of hydrogen-bond donors (Lipinski definition) is 0. The Morgan fingerprint density at radius 3 is 1.82 bits per heavy atom. The summed E-state index contributed by atoms with van der Waals surface area (Å²) in [6.07, 6.45) is 0. The maximum Gasteiger partial charge on any atom is 0.0641 e. The van der Waals surface area contributed by atoms with E-state index < -0.39 is 0 Å². The van der Waals surface area contributed by atoms with E-state index in [4.69, 9.17) is 0 Å². The van der Waals surface area contributed by atoms with Crippen LogP contribution in [0.2, 0.25) is 0 Å². The van der Waals surface area contributed by atoms with Crippen molar-refractivity contribution in [1.29, 1.82) is 0 Å². The van der Waals surface area contributed by atoms with Crippen molar-refractivity contribution in [2.75, 3.05) is 0 Å². The zero-order chi connectivity index (χ0) is 26.8. The zero-order valence-corrected chi connectivity index (χ0v) is 24.5. The van der Waals surface area contributed by atoms with Crippen LogP contribution in [-0.2, 0) is 0 Å². The van der Waals surface area contributed by atoms with Gasteiger partial charge >= 0.3 is 0 Å². The van der Waals surface area contributed by atoms with Crippen LogP contribution in [0.1, 0.15) is 0 Å². The van der Waals surface area contributed by atoms with E-state index in [1.54, 1.807) is 0 Å². The predicted molar refractivity (Wildman–Crippen MR) is 176 cm³/mol. The van der Waals surface area contributed by atoms with E-state index in [0.717, 1.165) is 20.3 Å². The molecule has 0 fully saturated rings. The zero-order valence-electron chi connectivity index (χ0n) is 21.4. The summed E-state index contributed by atoms with van der Waals surface area (Å²) < 4.78 is 6.90. The summed E-state index contributed by atoms with van der Waals surface area (Å²) in [6, 6.07) is 48.0. The molecule has 0 aliphatic carbocycles. The molecule has 0 unspecified atom stereocenters. The molecule has 8 rings (SSSR count). The van der Waals surface area contributed by atoms with Crippen LogP contribution in [0.15, 0.2) is 142 Å². The fourth-order valence-corrected chi connectivity index (χ4v) is 7.45. The third-order valence-corrected chi connectivity index (χ3v) is 8.70. The molecule has 0 saturated carbocycles. The molecule has 6 aromatic carbocycles. The predicted octanol–water partition coefficient (Wildman–Crippen LogP) is 11.1. The summed E-state index contributed by atoms with van der Waals surface area (Å²) >= 11 is 7.42. The molecule has 0 aliphatic rings. The van der Waals surface area contributed by atoms with Crippen molar-refractivity contribution in [3.05, 3.63) is 142 Å². The monoisotopic (exact) mass is 640 g/mol. The lowest BCUT2D eigenvalue weighted by Gasteiger charge is -2.12. The molecular weight excluding hydrogens is 620 g/mol. The SMILES string of the molecule is Brc1cc(Br)cc(-n2c3ccccc3c3c2ccc2c4ccccc4n(-c4cccc(-c5ccccc5)c4)c23)c1. The molecule has 190 valence electrons. The van der Waals surface area contributed by atoms with Gasteiger partial charge in [0.05, 0.1) is 22.1 Å². The third kappa shape index (κ3) is 3.60. The van der Waals surface area contributed by atoms with E-state index in [1.807, 2.05) is 0 Å². The first-order chi connectivity index (χ1) is 19.7. The van der Waals surface area contributed by atoms with Crippen LogP contribution in [0.5, 0.6) is 0 Å². The molecule has 0 atom stereocenters. The summed E-state index contributed by atoms with van der Waals surface area (Å²) in [5.74, 6) is 0. The summed E-state index contributed by atoms with van der Waals surface area (Å²) in [4.78, 5) is 0. The number of aromatic nitrogens is 2. The molecule has 2 aromatic heterocycles. The Balaban J connectivity index is 1.54. The highest BCUT2D eigenvalue weighted by molar-refractivity contribution is 9.11. The van der Waals surface area contributed by atoms with Gasteiger partial charge in [-0.15, -0.1) is 0 Å². The largest absolute Gasteiger partial charge is 0.309 e. The first-order valence-corrected chi connectivity index (χ1v) is 14.8. The van der Waals surface area contributed by atoms with Gasteiger partial charge in [-0.2, -0.15) is 0 Å². The van der Waals surface area contributed by atoms with E-state index in [1.165, 1.54) is 54.7 Å². The average Bonchev–Trinajstić information content (AvgIpc) is 3.50. The van der Waals surface area contributed by atoms with Gasteiger partial charge in [0.15, 0.2) is 0 Å². The van der Waals surface area contributed by atoms with Gasteiger partial charge in [-0.3, -0.25) is 0 Å². The van der Waals surface area contributed by atoms with Gasteiger partial charge in [0.1, 0.15) is 0 Å². The third-order valence-electron chi connectivity index (χ3n) is 7.79. The van der Waals surface area contributed by atoms with Crippen LogP contribution < -0.4 is 0 Å². The van der Waals surface area contributed by atoms with Crippen LogP contribution in [0.4, 0.5) is 0 Å². The van der Waals surface area contributed by atoms with Crippen LogP contribution in [0, 0.1) is 0 Å². The Morgan fingerprint density at radius 2 is 1.05 bits per heavy atom. The van der Waals surface area contributed by atoms with Crippen molar-refractivity contribution >= 4 is 75.5 Å². The molecular formula is C36H22Br2N2. The normalized spacial score (nSPS) is 11.8. The minimum absolute atomic E-state index is 1.04. The van der Waals surface area contributed by atoms with Crippen molar-refractivity contribution in [1.82, 2.24) is 9.13 Å². The highest BCUT2D eigenvalue weighted by Gasteiger charge is 2.21. The van der Waals surface area contributed by atoms with Crippen molar-refractivity contribution in [2.24, 2.45) is 0 Å². The summed E-state index contributed by atoms with van der Waals surface area (Å²) in [6.45, 7) is 0. The Morgan fingerprint density at radius 1 is 0.400 bits per heavy atom. The van der Waals surface area contributed by atoms with Crippen LogP contribution in [0.25, 0.3) is 66.1 Å². The number of para-hydroxylation sites is 2. The molecule has 0 aliphatic heterocycles.